The highest BCUT2D eigenvalue weighted by Crippen LogP contribution is 2.46. The van der Waals surface area contributed by atoms with Crippen LogP contribution in [0.5, 0.6) is 0 Å². The van der Waals surface area contributed by atoms with Gasteiger partial charge in [0.2, 0.25) is 5.91 Å². The van der Waals surface area contributed by atoms with Crippen LogP contribution in [-0.2, 0) is 22.5 Å². The van der Waals surface area contributed by atoms with Crippen molar-refractivity contribution < 1.29 is 14.3 Å². The Bertz CT molecular complexity index is 1520. The van der Waals surface area contributed by atoms with Gasteiger partial charge in [0.15, 0.2) is 0 Å². The second-order valence-electron chi connectivity index (χ2n) is 11.2. The van der Waals surface area contributed by atoms with E-state index in [1.165, 1.54) is 11.3 Å². The molecule has 0 spiro atoms. The third kappa shape index (κ3) is 6.51. The van der Waals surface area contributed by atoms with Crippen molar-refractivity contribution in [3.8, 4) is 21.7 Å². The van der Waals surface area contributed by atoms with Crippen LogP contribution >= 0.6 is 22.7 Å². The van der Waals surface area contributed by atoms with E-state index in [4.69, 9.17) is 9.72 Å². The summed E-state index contributed by atoms with van der Waals surface area (Å²) in [6.45, 7) is 11.4. The van der Waals surface area contributed by atoms with E-state index in [9.17, 15) is 9.59 Å². The SMILES string of the molecule is CC(C)NCCC(=O)Nc1sc2c(c1-c1nc3cc(-c4ccncc4)ccc3s1)CCN(C(=O)OC(C)(C)C)C2. The highest BCUT2D eigenvalue weighted by atomic mass is 32.1. The largest absolute Gasteiger partial charge is 0.444 e. The molecule has 1 aliphatic heterocycles. The van der Waals surface area contributed by atoms with Gasteiger partial charge < -0.3 is 20.3 Å². The molecular weight excluding hydrogens is 542 g/mol. The van der Waals surface area contributed by atoms with Gasteiger partial charge in [-0.1, -0.05) is 19.9 Å². The number of anilines is 1. The van der Waals surface area contributed by atoms with Crippen LogP contribution in [0.4, 0.5) is 9.80 Å². The van der Waals surface area contributed by atoms with Gasteiger partial charge in [0.1, 0.15) is 15.6 Å². The minimum atomic E-state index is -0.558. The second kappa shape index (κ2) is 11.6. The molecule has 1 aliphatic rings. The van der Waals surface area contributed by atoms with Crippen LogP contribution in [0.25, 0.3) is 31.9 Å². The van der Waals surface area contributed by atoms with Crippen molar-refractivity contribution in [1.29, 1.82) is 0 Å². The molecule has 40 heavy (non-hydrogen) atoms. The van der Waals surface area contributed by atoms with E-state index >= 15 is 0 Å². The molecule has 0 radical (unpaired) electrons. The van der Waals surface area contributed by atoms with Crippen LogP contribution in [0, 0.1) is 0 Å². The van der Waals surface area contributed by atoms with Crippen molar-refractivity contribution in [2.24, 2.45) is 0 Å². The summed E-state index contributed by atoms with van der Waals surface area (Å²) in [5.74, 6) is -0.0434. The van der Waals surface area contributed by atoms with Crippen LogP contribution in [0.1, 0.15) is 51.5 Å². The third-order valence-electron chi connectivity index (χ3n) is 6.48. The monoisotopic (exact) mass is 577 g/mol. The number of hydrogen-bond acceptors (Lipinski definition) is 8. The van der Waals surface area contributed by atoms with Crippen LogP contribution in [-0.4, -0.2) is 51.6 Å². The minimum absolute atomic E-state index is 0.0434. The Hall–Kier alpha value is -3.34. The Kier molecular flexibility index (Phi) is 8.21. The summed E-state index contributed by atoms with van der Waals surface area (Å²) in [6, 6.07) is 10.6. The number of thiophene rings is 1. The molecule has 4 aromatic rings. The van der Waals surface area contributed by atoms with Crippen molar-refractivity contribution in [2.75, 3.05) is 18.4 Å². The highest BCUT2D eigenvalue weighted by molar-refractivity contribution is 7.23. The number of hydrogen-bond donors (Lipinski definition) is 2. The Morgan fingerprint density at radius 1 is 1.10 bits per heavy atom. The van der Waals surface area contributed by atoms with Crippen molar-refractivity contribution in [1.82, 2.24) is 20.2 Å². The normalized spacial score (nSPS) is 13.5. The van der Waals surface area contributed by atoms with Crippen molar-refractivity contribution >= 4 is 49.9 Å². The molecule has 5 rings (SSSR count). The van der Waals surface area contributed by atoms with Gasteiger partial charge in [-0.3, -0.25) is 9.78 Å². The van der Waals surface area contributed by atoms with Crippen molar-refractivity contribution in [3.63, 3.8) is 0 Å². The summed E-state index contributed by atoms with van der Waals surface area (Å²) in [4.78, 5) is 37.7. The number of carbonyl (C=O) groups excluding carboxylic acids is 2. The summed E-state index contributed by atoms with van der Waals surface area (Å²) in [6.07, 6.45) is 4.30. The summed E-state index contributed by atoms with van der Waals surface area (Å²) in [7, 11) is 0. The lowest BCUT2D eigenvalue weighted by molar-refractivity contribution is -0.116. The lowest BCUT2D eigenvalue weighted by atomic mass is 10.0. The number of amides is 2. The first-order valence-electron chi connectivity index (χ1n) is 13.5. The van der Waals surface area contributed by atoms with Gasteiger partial charge in [-0.25, -0.2) is 9.78 Å². The molecule has 210 valence electrons. The Balaban J connectivity index is 1.48. The summed E-state index contributed by atoms with van der Waals surface area (Å²) < 4.78 is 6.71. The number of aromatic nitrogens is 2. The molecule has 0 unspecified atom stereocenters. The molecule has 0 bridgehead atoms. The maximum absolute atomic E-state index is 12.9. The molecule has 8 nitrogen and oxygen atoms in total. The minimum Gasteiger partial charge on any atom is -0.444 e. The molecule has 0 fully saturated rings. The highest BCUT2D eigenvalue weighted by Gasteiger charge is 2.31. The number of thiazole rings is 1. The van der Waals surface area contributed by atoms with Crippen molar-refractivity contribution in [2.45, 2.75) is 65.6 Å². The van der Waals surface area contributed by atoms with Gasteiger partial charge in [-0.05, 0) is 68.1 Å². The molecule has 0 atom stereocenters. The number of nitrogens with zero attached hydrogens (tertiary/aromatic N) is 3. The number of nitrogens with one attached hydrogen (secondary N) is 2. The van der Waals surface area contributed by atoms with Gasteiger partial charge in [0.05, 0.1) is 16.8 Å². The average Bonchev–Trinajstić information content (AvgIpc) is 3.47. The first-order chi connectivity index (χ1) is 19.1. The first kappa shape index (κ1) is 28.2. The van der Waals surface area contributed by atoms with Gasteiger partial charge in [-0.15, -0.1) is 22.7 Å². The zero-order valence-corrected chi connectivity index (χ0v) is 25.2. The number of carbonyl (C=O) groups is 2. The lowest BCUT2D eigenvalue weighted by Gasteiger charge is -2.30. The molecule has 2 amide bonds. The predicted octanol–water partition coefficient (Wildman–Crippen LogP) is 6.71. The number of rotatable bonds is 7. The third-order valence-corrected chi connectivity index (χ3v) is 8.67. The van der Waals surface area contributed by atoms with E-state index in [0.29, 0.717) is 38.5 Å². The van der Waals surface area contributed by atoms with E-state index in [2.05, 4.69) is 47.7 Å². The fourth-order valence-electron chi connectivity index (χ4n) is 4.62. The second-order valence-corrected chi connectivity index (χ2v) is 13.3. The van der Waals surface area contributed by atoms with E-state index in [1.807, 2.05) is 32.9 Å². The lowest BCUT2D eigenvalue weighted by Crippen LogP contribution is -2.39. The summed E-state index contributed by atoms with van der Waals surface area (Å²) >= 11 is 3.16. The van der Waals surface area contributed by atoms with E-state index in [-0.39, 0.29) is 12.0 Å². The quantitative estimate of drug-likeness (QED) is 0.254. The molecule has 1 aromatic carbocycles. The zero-order valence-electron chi connectivity index (χ0n) is 23.5. The molecule has 0 saturated carbocycles. The smallest absolute Gasteiger partial charge is 0.410 e. The van der Waals surface area contributed by atoms with Crippen LogP contribution in [0.3, 0.4) is 0 Å². The summed E-state index contributed by atoms with van der Waals surface area (Å²) in [5.41, 5.74) is 4.65. The summed E-state index contributed by atoms with van der Waals surface area (Å²) in [5, 5.41) is 8.14. The van der Waals surface area contributed by atoms with Crippen LogP contribution in [0.2, 0.25) is 0 Å². The van der Waals surface area contributed by atoms with Crippen molar-refractivity contribution in [3.05, 3.63) is 53.2 Å². The zero-order chi connectivity index (χ0) is 28.4. The maximum Gasteiger partial charge on any atom is 0.410 e. The van der Waals surface area contributed by atoms with Gasteiger partial charge in [-0.2, -0.15) is 0 Å². The fourth-order valence-corrected chi connectivity index (χ4v) is 6.99. The number of fused-ring (bicyclic) bond motifs is 2. The molecule has 4 heterocycles. The number of ether oxygens (including phenoxy) is 1. The van der Waals surface area contributed by atoms with E-state index in [0.717, 1.165) is 47.4 Å². The molecule has 0 saturated heterocycles. The maximum atomic E-state index is 12.9. The predicted molar refractivity (Wildman–Crippen MR) is 163 cm³/mol. The van der Waals surface area contributed by atoms with Gasteiger partial charge in [0.25, 0.3) is 0 Å². The van der Waals surface area contributed by atoms with E-state index < -0.39 is 5.60 Å². The molecule has 2 N–H and O–H groups in total. The first-order valence-corrected chi connectivity index (χ1v) is 15.2. The average molecular weight is 578 g/mol. The van der Waals surface area contributed by atoms with E-state index in [1.54, 1.807) is 28.6 Å². The molecule has 10 heteroatoms. The molecule has 3 aromatic heterocycles. The topological polar surface area (TPSA) is 96.5 Å². The Labute approximate surface area is 242 Å². The van der Waals surface area contributed by atoms with Crippen LogP contribution in [0.15, 0.2) is 42.7 Å². The molecular formula is C30H35N5O3S2. The van der Waals surface area contributed by atoms with Gasteiger partial charge >= 0.3 is 6.09 Å². The van der Waals surface area contributed by atoms with Gasteiger partial charge in [0, 0.05) is 48.4 Å². The Morgan fingerprint density at radius 3 is 2.60 bits per heavy atom. The standard InChI is InChI=1S/C30H35N5O3S2/c1-18(2)32-14-10-25(36)34-28-26(21-11-15-35(17-24(21)40-28)29(37)38-30(3,4)5)27-33-22-16-20(6-7-23(22)39-27)19-8-12-31-13-9-19/h6-9,12-13,16,18,32H,10-11,14-15,17H2,1-5H3,(H,34,36). The number of benzene rings is 1. The van der Waals surface area contributed by atoms with Crippen LogP contribution < -0.4 is 10.6 Å². The Morgan fingerprint density at radius 2 is 1.88 bits per heavy atom. The number of pyridine rings is 1. The fraction of sp³-hybridized carbons (Fsp3) is 0.400. The molecule has 0 aliphatic carbocycles.